The maximum Gasteiger partial charge on any atom is 0.292 e. The highest BCUT2D eigenvalue weighted by Gasteiger charge is 2.45. The third-order valence-electron chi connectivity index (χ3n) is 6.43. The van der Waals surface area contributed by atoms with E-state index in [9.17, 15) is 19.7 Å². The molecule has 7 heteroatoms. The lowest BCUT2D eigenvalue weighted by Gasteiger charge is -2.10. The number of nitro groups is 1. The van der Waals surface area contributed by atoms with Crippen LogP contribution in [-0.2, 0) is 9.59 Å². The standard InChI is InChI=1S/C26H23N3O4/c30-25(21-14-19(21)16-7-3-1-4-8-16)27-18-11-12-24(29(32)33)23(13-18)28-26(31)22-15-20(22)17-9-5-2-6-10-17/h1-13,19-22H,14-15H2,(H,27,30)(H,28,31)/t19-,20-,21+,22-/m1/s1. The van der Waals surface area contributed by atoms with Crippen molar-refractivity contribution >= 4 is 28.9 Å². The molecule has 33 heavy (non-hydrogen) atoms. The van der Waals surface area contributed by atoms with Crippen molar-refractivity contribution in [2.24, 2.45) is 11.8 Å². The highest BCUT2D eigenvalue weighted by Crippen LogP contribution is 2.49. The summed E-state index contributed by atoms with van der Waals surface area (Å²) < 4.78 is 0. The fraction of sp³-hybridized carbons (Fsp3) is 0.231. The predicted octanol–water partition coefficient (Wildman–Crippen LogP) is 5.08. The van der Waals surface area contributed by atoms with E-state index >= 15 is 0 Å². The fourth-order valence-electron chi connectivity index (χ4n) is 4.44. The van der Waals surface area contributed by atoms with Gasteiger partial charge in [-0.05, 0) is 47.9 Å². The zero-order chi connectivity index (χ0) is 22.9. The first-order valence-electron chi connectivity index (χ1n) is 11.0. The van der Waals surface area contributed by atoms with Crippen LogP contribution >= 0.6 is 0 Å². The van der Waals surface area contributed by atoms with Crippen LogP contribution in [0.15, 0.2) is 78.9 Å². The Bertz CT molecular complexity index is 1210. The molecule has 0 aliphatic heterocycles. The average molecular weight is 441 g/mol. The van der Waals surface area contributed by atoms with E-state index in [1.165, 1.54) is 18.2 Å². The second-order valence-corrected chi connectivity index (χ2v) is 8.69. The summed E-state index contributed by atoms with van der Waals surface area (Å²) in [5.74, 6) is -0.406. The van der Waals surface area contributed by atoms with Crippen molar-refractivity contribution in [3.05, 3.63) is 100 Å². The largest absolute Gasteiger partial charge is 0.326 e. The predicted molar refractivity (Wildman–Crippen MR) is 125 cm³/mol. The molecule has 0 heterocycles. The molecule has 2 amide bonds. The van der Waals surface area contributed by atoms with E-state index in [-0.39, 0.29) is 46.9 Å². The van der Waals surface area contributed by atoms with Crippen molar-refractivity contribution < 1.29 is 14.5 Å². The van der Waals surface area contributed by atoms with Gasteiger partial charge in [0.15, 0.2) is 0 Å². The van der Waals surface area contributed by atoms with Gasteiger partial charge in [-0.2, -0.15) is 0 Å². The van der Waals surface area contributed by atoms with Crippen molar-refractivity contribution in [2.75, 3.05) is 10.6 Å². The number of rotatable bonds is 7. The molecular weight excluding hydrogens is 418 g/mol. The molecule has 7 nitrogen and oxygen atoms in total. The van der Waals surface area contributed by atoms with E-state index in [2.05, 4.69) is 10.6 Å². The molecule has 2 fully saturated rings. The molecule has 4 atom stereocenters. The van der Waals surface area contributed by atoms with Crippen molar-refractivity contribution in [3.63, 3.8) is 0 Å². The van der Waals surface area contributed by atoms with Gasteiger partial charge in [0.25, 0.3) is 5.69 Å². The van der Waals surface area contributed by atoms with Gasteiger partial charge in [-0.1, -0.05) is 60.7 Å². The molecule has 0 radical (unpaired) electrons. The summed E-state index contributed by atoms with van der Waals surface area (Å²) in [5, 5.41) is 17.1. The summed E-state index contributed by atoms with van der Waals surface area (Å²) in [6, 6.07) is 23.9. The van der Waals surface area contributed by atoms with Gasteiger partial charge >= 0.3 is 0 Å². The zero-order valence-corrected chi connectivity index (χ0v) is 17.8. The zero-order valence-electron chi connectivity index (χ0n) is 17.8. The molecule has 2 N–H and O–H groups in total. The number of hydrogen-bond donors (Lipinski definition) is 2. The summed E-state index contributed by atoms with van der Waals surface area (Å²) in [5.41, 5.74) is 2.54. The normalized spacial score (nSPS) is 22.8. The average Bonchev–Trinajstić information content (AvgIpc) is 3.74. The number of nitrogens with one attached hydrogen (secondary N) is 2. The molecular formula is C26H23N3O4. The lowest BCUT2D eigenvalue weighted by atomic mass is 10.1. The molecule has 0 aromatic heterocycles. The van der Waals surface area contributed by atoms with Crippen LogP contribution in [0.1, 0.15) is 35.8 Å². The quantitative estimate of drug-likeness (QED) is 0.394. The van der Waals surface area contributed by atoms with Gasteiger partial charge in [-0.3, -0.25) is 19.7 Å². The Kier molecular flexibility index (Phi) is 5.38. The van der Waals surface area contributed by atoms with Crippen LogP contribution in [-0.4, -0.2) is 16.7 Å². The van der Waals surface area contributed by atoms with Gasteiger partial charge in [0.1, 0.15) is 5.69 Å². The number of nitrogens with zero attached hydrogens (tertiary/aromatic N) is 1. The van der Waals surface area contributed by atoms with Crippen molar-refractivity contribution in [1.29, 1.82) is 0 Å². The van der Waals surface area contributed by atoms with Crippen LogP contribution in [0.3, 0.4) is 0 Å². The van der Waals surface area contributed by atoms with Gasteiger partial charge in [-0.25, -0.2) is 0 Å². The van der Waals surface area contributed by atoms with E-state index < -0.39 is 4.92 Å². The number of amides is 2. The number of benzene rings is 3. The molecule has 0 saturated heterocycles. The lowest BCUT2D eigenvalue weighted by molar-refractivity contribution is -0.383. The Hall–Kier alpha value is -4.00. The number of carbonyl (C=O) groups is 2. The molecule has 3 aromatic rings. The molecule has 5 rings (SSSR count). The number of nitro benzene ring substituents is 1. The van der Waals surface area contributed by atoms with E-state index in [1.54, 1.807) is 0 Å². The van der Waals surface area contributed by atoms with Crippen LogP contribution in [0.25, 0.3) is 0 Å². The van der Waals surface area contributed by atoms with Crippen LogP contribution in [0.2, 0.25) is 0 Å². The van der Waals surface area contributed by atoms with Gasteiger partial charge in [0.05, 0.1) is 4.92 Å². The first kappa shape index (κ1) is 20.9. The summed E-state index contributed by atoms with van der Waals surface area (Å²) in [7, 11) is 0. The number of carbonyl (C=O) groups excluding carboxylic acids is 2. The molecule has 2 aliphatic carbocycles. The molecule has 0 bridgehead atoms. The molecule has 0 unspecified atom stereocenters. The summed E-state index contributed by atoms with van der Waals surface area (Å²) >= 11 is 0. The van der Waals surface area contributed by atoms with E-state index in [4.69, 9.17) is 0 Å². The third kappa shape index (κ3) is 4.48. The summed E-state index contributed by atoms with van der Waals surface area (Å²) in [6.45, 7) is 0. The highest BCUT2D eigenvalue weighted by atomic mass is 16.6. The Morgan fingerprint density at radius 2 is 1.27 bits per heavy atom. The summed E-state index contributed by atoms with van der Waals surface area (Å²) in [4.78, 5) is 36.4. The minimum Gasteiger partial charge on any atom is -0.326 e. The molecule has 0 spiro atoms. The maximum atomic E-state index is 12.8. The molecule has 166 valence electrons. The Balaban J connectivity index is 1.26. The lowest BCUT2D eigenvalue weighted by Crippen LogP contribution is -2.17. The fourth-order valence-corrected chi connectivity index (χ4v) is 4.44. The first-order valence-corrected chi connectivity index (χ1v) is 11.0. The Morgan fingerprint density at radius 1 is 0.758 bits per heavy atom. The van der Waals surface area contributed by atoms with E-state index in [0.29, 0.717) is 12.1 Å². The van der Waals surface area contributed by atoms with Gasteiger partial charge in [-0.15, -0.1) is 0 Å². The molecule has 3 aromatic carbocycles. The summed E-state index contributed by atoms with van der Waals surface area (Å²) in [6.07, 6.45) is 1.48. The van der Waals surface area contributed by atoms with Crippen molar-refractivity contribution in [3.8, 4) is 0 Å². The third-order valence-corrected chi connectivity index (χ3v) is 6.43. The van der Waals surface area contributed by atoms with Crippen molar-refractivity contribution in [1.82, 2.24) is 0 Å². The second-order valence-electron chi connectivity index (χ2n) is 8.69. The molecule has 2 aliphatic rings. The Morgan fingerprint density at radius 3 is 1.79 bits per heavy atom. The topological polar surface area (TPSA) is 101 Å². The van der Waals surface area contributed by atoms with Crippen LogP contribution in [0.5, 0.6) is 0 Å². The minimum absolute atomic E-state index is 0.0944. The number of anilines is 2. The van der Waals surface area contributed by atoms with Crippen LogP contribution in [0.4, 0.5) is 17.1 Å². The Labute approximate surface area is 191 Å². The highest BCUT2D eigenvalue weighted by molar-refractivity contribution is 5.99. The van der Waals surface area contributed by atoms with Crippen LogP contribution < -0.4 is 10.6 Å². The van der Waals surface area contributed by atoms with Gasteiger partial charge in [0.2, 0.25) is 11.8 Å². The van der Waals surface area contributed by atoms with E-state index in [0.717, 1.165) is 17.5 Å². The number of hydrogen-bond acceptors (Lipinski definition) is 4. The SMILES string of the molecule is O=C(Nc1ccc([N+](=O)[O-])c(NC(=O)[C@@H]2C[C@@H]2c2ccccc2)c1)[C@H]1C[C@@H]1c1ccccc1. The van der Waals surface area contributed by atoms with Gasteiger partial charge in [0, 0.05) is 23.6 Å². The first-order chi connectivity index (χ1) is 16.0. The molecule has 2 saturated carbocycles. The van der Waals surface area contributed by atoms with Crippen LogP contribution in [0, 0.1) is 22.0 Å². The van der Waals surface area contributed by atoms with Gasteiger partial charge < -0.3 is 10.6 Å². The maximum absolute atomic E-state index is 12.8. The van der Waals surface area contributed by atoms with Crippen molar-refractivity contribution in [2.45, 2.75) is 24.7 Å². The monoisotopic (exact) mass is 441 g/mol. The minimum atomic E-state index is -0.533. The van der Waals surface area contributed by atoms with E-state index in [1.807, 2.05) is 60.7 Å². The second kappa shape index (κ2) is 8.50. The smallest absolute Gasteiger partial charge is 0.292 e.